The van der Waals surface area contributed by atoms with Gasteiger partial charge < -0.3 is 5.32 Å². The van der Waals surface area contributed by atoms with E-state index in [9.17, 15) is 12.8 Å². The number of hydrogen-bond acceptors (Lipinski definition) is 3. The van der Waals surface area contributed by atoms with Crippen molar-refractivity contribution >= 4 is 10.0 Å². The van der Waals surface area contributed by atoms with Crippen molar-refractivity contribution in [2.45, 2.75) is 38.6 Å². The molecule has 0 bridgehead atoms. The zero-order valence-electron chi connectivity index (χ0n) is 12.8. The summed E-state index contributed by atoms with van der Waals surface area (Å²) in [6, 6.07) is 3.99. The highest BCUT2D eigenvalue weighted by Crippen LogP contribution is 2.33. The van der Waals surface area contributed by atoms with E-state index in [2.05, 4.69) is 5.32 Å². The molecule has 1 aromatic carbocycles. The van der Waals surface area contributed by atoms with Gasteiger partial charge in [-0.25, -0.2) is 12.8 Å². The first-order valence-corrected chi connectivity index (χ1v) is 8.69. The minimum absolute atomic E-state index is 0.0256. The lowest BCUT2D eigenvalue weighted by Gasteiger charge is -2.21. The summed E-state index contributed by atoms with van der Waals surface area (Å²) in [5.41, 5.74) is 0.588. The summed E-state index contributed by atoms with van der Waals surface area (Å²) in [5.74, 6) is -0.521. The fraction of sp³-hybridized carbons (Fsp3) is 0.600. The van der Waals surface area contributed by atoms with Gasteiger partial charge in [-0.15, -0.1) is 0 Å². The van der Waals surface area contributed by atoms with Gasteiger partial charge in [0, 0.05) is 19.6 Å². The molecule has 21 heavy (non-hydrogen) atoms. The molecule has 1 aliphatic rings. The average molecular weight is 314 g/mol. The van der Waals surface area contributed by atoms with Crippen LogP contribution in [0, 0.1) is 11.2 Å². The molecule has 1 aromatic rings. The zero-order chi connectivity index (χ0) is 15.7. The second-order valence-corrected chi connectivity index (χ2v) is 8.19. The van der Waals surface area contributed by atoms with Crippen LogP contribution in [0.1, 0.15) is 32.8 Å². The van der Waals surface area contributed by atoms with E-state index < -0.39 is 15.8 Å². The highest BCUT2D eigenvalue weighted by Gasteiger charge is 2.37. The molecule has 2 rings (SSSR count). The molecule has 1 N–H and O–H groups in total. The van der Waals surface area contributed by atoms with Gasteiger partial charge >= 0.3 is 0 Å². The second-order valence-electron chi connectivity index (χ2n) is 6.29. The Morgan fingerprint density at radius 3 is 2.67 bits per heavy atom. The minimum atomic E-state index is -3.64. The summed E-state index contributed by atoms with van der Waals surface area (Å²) in [4.78, 5) is 0.0844. The van der Waals surface area contributed by atoms with Crippen LogP contribution in [-0.4, -0.2) is 32.4 Å². The Bertz CT molecular complexity index is 614. The topological polar surface area (TPSA) is 49.4 Å². The lowest BCUT2D eigenvalue weighted by molar-refractivity contribution is 0.375. The van der Waals surface area contributed by atoms with Crippen molar-refractivity contribution in [3.8, 4) is 0 Å². The van der Waals surface area contributed by atoms with Crippen LogP contribution in [0.2, 0.25) is 0 Å². The number of sulfonamides is 1. The van der Waals surface area contributed by atoms with Crippen molar-refractivity contribution < 1.29 is 12.8 Å². The monoisotopic (exact) mass is 314 g/mol. The molecule has 0 unspecified atom stereocenters. The van der Waals surface area contributed by atoms with E-state index in [1.54, 1.807) is 6.07 Å². The molecule has 1 heterocycles. The van der Waals surface area contributed by atoms with Crippen LogP contribution in [0.15, 0.2) is 23.1 Å². The SMILES string of the molecule is CCNCc1ccc(F)cc1S(=O)(=O)N1CCC(C)(C)C1. The molecule has 118 valence electrons. The van der Waals surface area contributed by atoms with E-state index in [0.717, 1.165) is 19.0 Å². The Morgan fingerprint density at radius 1 is 1.38 bits per heavy atom. The summed E-state index contributed by atoms with van der Waals surface area (Å²) >= 11 is 0. The van der Waals surface area contributed by atoms with Gasteiger partial charge in [-0.1, -0.05) is 26.8 Å². The summed E-state index contributed by atoms with van der Waals surface area (Å²) in [5, 5.41) is 3.10. The van der Waals surface area contributed by atoms with Crippen molar-refractivity contribution in [1.29, 1.82) is 0 Å². The van der Waals surface area contributed by atoms with Crippen molar-refractivity contribution in [1.82, 2.24) is 9.62 Å². The molecule has 0 aromatic heterocycles. The van der Waals surface area contributed by atoms with Gasteiger partial charge in [0.2, 0.25) is 10.0 Å². The molecule has 1 aliphatic heterocycles. The molecule has 1 saturated heterocycles. The van der Waals surface area contributed by atoms with Gasteiger partial charge in [-0.2, -0.15) is 4.31 Å². The lowest BCUT2D eigenvalue weighted by atomic mass is 9.93. The highest BCUT2D eigenvalue weighted by molar-refractivity contribution is 7.89. The Kier molecular flexibility index (Phi) is 4.70. The van der Waals surface area contributed by atoms with E-state index in [4.69, 9.17) is 0 Å². The van der Waals surface area contributed by atoms with Crippen LogP contribution in [0.25, 0.3) is 0 Å². The van der Waals surface area contributed by atoms with E-state index in [1.165, 1.54) is 10.4 Å². The third kappa shape index (κ3) is 3.62. The maximum absolute atomic E-state index is 13.5. The van der Waals surface area contributed by atoms with Crippen LogP contribution in [0.4, 0.5) is 4.39 Å². The molecule has 4 nitrogen and oxygen atoms in total. The van der Waals surface area contributed by atoms with Crippen LogP contribution >= 0.6 is 0 Å². The molecule has 0 radical (unpaired) electrons. The Labute approximate surface area is 126 Å². The Morgan fingerprint density at radius 2 is 2.10 bits per heavy atom. The number of nitrogens with one attached hydrogen (secondary N) is 1. The number of halogens is 1. The predicted molar refractivity (Wildman–Crippen MR) is 80.9 cm³/mol. The Hall–Kier alpha value is -0.980. The molecular weight excluding hydrogens is 291 g/mol. The van der Waals surface area contributed by atoms with Crippen molar-refractivity contribution in [2.24, 2.45) is 5.41 Å². The number of hydrogen-bond donors (Lipinski definition) is 1. The first kappa shape index (κ1) is 16.4. The molecule has 0 spiro atoms. The summed E-state index contributed by atoms with van der Waals surface area (Å²) in [6.45, 7) is 8.16. The predicted octanol–water partition coefficient (Wildman–Crippen LogP) is 2.36. The molecule has 0 amide bonds. The van der Waals surface area contributed by atoms with Crippen molar-refractivity contribution in [2.75, 3.05) is 19.6 Å². The number of benzene rings is 1. The van der Waals surface area contributed by atoms with Gasteiger partial charge in [0.1, 0.15) is 5.82 Å². The highest BCUT2D eigenvalue weighted by atomic mass is 32.2. The normalized spacial score (nSPS) is 19.0. The number of nitrogens with zero attached hydrogens (tertiary/aromatic N) is 1. The van der Waals surface area contributed by atoms with Crippen molar-refractivity contribution in [3.05, 3.63) is 29.6 Å². The van der Waals surface area contributed by atoms with Gasteiger partial charge in [0.05, 0.1) is 4.90 Å². The van der Waals surface area contributed by atoms with E-state index >= 15 is 0 Å². The largest absolute Gasteiger partial charge is 0.313 e. The molecule has 0 aliphatic carbocycles. The fourth-order valence-electron chi connectivity index (χ4n) is 2.58. The molecule has 0 saturated carbocycles. The molecule has 0 atom stereocenters. The second kappa shape index (κ2) is 6.02. The van der Waals surface area contributed by atoms with Gasteiger partial charge in [0.25, 0.3) is 0 Å². The summed E-state index contributed by atoms with van der Waals surface area (Å²) in [6.07, 6.45) is 0.824. The molecule has 1 fully saturated rings. The van der Waals surface area contributed by atoms with E-state index in [-0.39, 0.29) is 10.3 Å². The minimum Gasteiger partial charge on any atom is -0.313 e. The fourth-order valence-corrected chi connectivity index (χ4v) is 4.44. The maximum atomic E-state index is 13.5. The summed E-state index contributed by atoms with van der Waals surface area (Å²) < 4.78 is 40.6. The summed E-state index contributed by atoms with van der Waals surface area (Å²) in [7, 11) is -3.64. The van der Waals surface area contributed by atoms with Gasteiger partial charge in [-0.3, -0.25) is 0 Å². The smallest absolute Gasteiger partial charge is 0.243 e. The lowest BCUT2D eigenvalue weighted by Crippen LogP contribution is -2.31. The maximum Gasteiger partial charge on any atom is 0.243 e. The van der Waals surface area contributed by atoms with E-state index in [1.807, 2.05) is 20.8 Å². The van der Waals surface area contributed by atoms with Crippen LogP contribution < -0.4 is 5.32 Å². The molecular formula is C15H23FN2O2S. The molecule has 6 heteroatoms. The van der Waals surface area contributed by atoms with Crippen LogP contribution in [0.5, 0.6) is 0 Å². The van der Waals surface area contributed by atoms with E-state index in [0.29, 0.717) is 25.2 Å². The third-order valence-corrected chi connectivity index (χ3v) is 5.78. The first-order chi connectivity index (χ1) is 9.76. The van der Waals surface area contributed by atoms with Crippen molar-refractivity contribution in [3.63, 3.8) is 0 Å². The zero-order valence-corrected chi connectivity index (χ0v) is 13.6. The quantitative estimate of drug-likeness (QED) is 0.907. The van der Waals surface area contributed by atoms with Crippen LogP contribution in [0.3, 0.4) is 0 Å². The first-order valence-electron chi connectivity index (χ1n) is 7.25. The third-order valence-electron chi connectivity index (χ3n) is 3.85. The average Bonchev–Trinajstić information content (AvgIpc) is 2.78. The number of rotatable bonds is 5. The van der Waals surface area contributed by atoms with Gasteiger partial charge in [-0.05, 0) is 36.1 Å². The standard InChI is InChI=1S/C15H23FN2O2S/c1-4-17-10-12-5-6-13(16)9-14(12)21(19,20)18-8-7-15(2,3)11-18/h5-6,9,17H,4,7-8,10-11H2,1-3H3. The van der Waals surface area contributed by atoms with Crippen LogP contribution in [-0.2, 0) is 16.6 Å². The van der Waals surface area contributed by atoms with Gasteiger partial charge in [0.15, 0.2) is 0 Å². The Balaban J connectivity index is 2.37.